The van der Waals surface area contributed by atoms with Crippen molar-refractivity contribution in [1.29, 1.82) is 0 Å². The number of nitrogens with one attached hydrogen (secondary N) is 1. The van der Waals surface area contributed by atoms with E-state index in [1.807, 2.05) is 0 Å². The third-order valence-electron chi connectivity index (χ3n) is 3.53. The molecule has 1 N–H and O–H groups in total. The maximum absolute atomic E-state index is 12.0. The second-order valence-electron chi connectivity index (χ2n) is 5.00. The smallest absolute Gasteiger partial charge is 0.137 e. The van der Waals surface area contributed by atoms with Crippen LogP contribution in [0.1, 0.15) is 30.4 Å². The van der Waals surface area contributed by atoms with Crippen molar-refractivity contribution >= 4 is 5.78 Å². The summed E-state index contributed by atoms with van der Waals surface area (Å²) < 4.78 is 0. The van der Waals surface area contributed by atoms with Crippen LogP contribution in [0.3, 0.4) is 0 Å². The highest BCUT2D eigenvalue weighted by Crippen LogP contribution is 2.15. The van der Waals surface area contributed by atoms with E-state index in [4.69, 9.17) is 0 Å². The van der Waals surface area contributed by atoms with Gasteiger partial charge in [-0.2, -0.15) is 0 Å². The lowest BCUT2D eigenvalue weighted by molar-refractivity contribution is -0.123. The van der Waals surface area contributed by atoms with Gasteiger partial charge in [0, 0.05) is 18.9 Å². The zero-order chi connectivity index (χ0) is 12.1. The number of carbonyl (C=O) groups is 1. The van der Waals surface area contributed by atoms with E-state index in [9.17, 15) is 4.79 Å². The second kappa shape index (κ2) is 5.97. The molecule has 2 nitrogen and oxygen atoms in total. The van der Waals surface area contributed by atoms with Crippen LogP contribution in [0.5, 0.6) is 0 Å². The molecule has 0 amide bonds. The monoisotopic (exact) mass is 231 g/mol. The van der Waals surface area contributed by atoms with Crippen molar-refractivity contribution in [1.82, 2.24) is 5.32 Å². The molecule has 1 saturated heterocycles. The lowest BCUT2D eigenvalue weighted by Gasteiger charge is -2.21. The van der Waals surface area contributed by atoms with E-state index in [0.717, 1.165) is 32.4 Å². The summed E-state index contributed by atoms with van der Waals surface area (Å²) in [7, 11) is 0. The van der Waals surface area contributed by atoms with E-state index in [-0.39, 0.29) is 5.92 Å². The van der Waals surface area contributed by atoms with E-state index in [1.54, 1.807) is 0 Å². The maximum Gasteiger partial charge on any atom is 0.137 e. The van der Waals surface area contributed by atoms with Gasteiger partial charge in [0.2, 0.25) is 0 Å². The van der Waals surface area contributed by atoms with Gasteiger partial charge >= 0.3 is 0 Å². The van der Waals surface area contributed by atoms with Crippen molar-refractivity contribution < 1.29 is 4.79 Å². The summed E-state index contributed by atoms with van der Waals surface area (Å²) in [5.41, 5.74) is 2.55. The molecule has 1 aromatic rings. The van der Waals surface area contributed by atoms with Gasteiger partial charge in [-0.05, 0) is 38.3 Å². The van der Waals surface area contributed by atoms with Gasteiger partial charge in [0.05, 0.1) is 0 Å². The van der Waals surface area contributed by atoms with E-state index in [0.29, 0.717) is 12.2 Å². The van der Waals surface area contributed by atoms with E-state index >= 15 is 0 Å². The second-order valence-corrected chi connectivity index (χ2v) is 5.00. The van der Waals surface area contributed by atoms with Crippen molar-refractivity contribution in [2.24, 2.45) is 5.92 Å². The summed E-state index contributed by atoms with van der Waals surface area (Å²) >= 11 is 0. The summed E-state index contributed by atoms with van der Waals surface area (Å²) in [4.78, 5) is 12.0. The van der Waals surface area contributed by atoms with Crippen LogP contribution in [0.4, 0.5) is 0 Å². The van der Waals surface area contributed by atoms with Crippen LogP contribution in [0, 0.1) is 12.8 Å². The number of aryl methyl sites for hydroxylation is 2. The van der Waals surface area contributed by atoms with E-state index in [1.165, 1.54) is 11.1 Å². The van der Waals surface area contributed by atoms with Crippen molar-refractivity contribution in [2.75, 3.05) is 13.1 Å². The Bertz CT molecular complexity index is 363. The summed E-state index contributed by atoms with van der Waals surface area (Å²) in [5, 5.41) is 3.30. The number of rotatable bonds is 4. The molecule has 0 aromatic heterocycles. The zero-order valence-corrected chi connectivity index (χ0v) is 10.5. The molecule has 2 rings (SSSR count). The fourth-order valence-corrected chi connectivity index (χ4v) is 2.35. The quantitative estimate of drug-likeness (QED) is 0.862. The van der Waals surface area contributed by atoms with E-state index < -0.39 is 0 Å². The summed E-state index contributed by atoms with van der Waals surface area (Å²) in [6, 6.07) is 8.48. The Balaban J connectivity index is 1.81. The molecule has 0 spiro atoms. The molecule has 1 fully saturated rings. The van der Waals surface area contributed by atoms with Gasteiger partial charge in [-0.3, -0.25) is 4.79 Å². The Kier molecular flexibility index (Phi) is 4.32. The third-order valence-corrected chi connectivity index (χ3v) is 3.53. The SMILES string of the molecule is Cc1ccc(CCC(=O)C2CCCNC2)cc1. The van der Waals surface area contributed by atoms with Crippen LogP contribution in [0.15, 0.2) is 24.3 Å². The standard InChI is InChI=1S/C15H21NO/c1-12-4-6-13(7-5-12)8-9-15(17)14-3-2-10-16-11-14/h4-7,14,16H,2-3,8-11H2,1H3. The number of hydrogen-bond donors (Lipinski definition) is 1. The number of ketones is 1. The van der Waals surface area contributed by atoms with Gasteiger partial charge in [-0.15, -0.1) is 0 Å². The van der Waals surface area contributed by atoms with Crippen molar-refractivity contribution in [3.05, 3.63) is 35.4 Å². The first-order valence-electron chi connectivity index (χ1n) is 6.54. The van der Waals surface area contributed by atoms with Gasteiger partial charge in [0.1, 0.15) is 5.78 Å². The molecule has 17 heavy (non-hydrogen) atoms. The summed E-state index contributed by atoms with van der Waals surface area (Å²) in [5.74, 6) is 0.687. The molecule has 0 aliphatic carbocycles. The molecule has 1 unspecified atom stereocenters. The Labute approximate surface area is 103 Å². The predicted molar refractivity (Wildman–Crippen MR) is 70.1 cm³/mol. The fraction of sp³-hybridized carbons (Fsp3) is 0.533. The van der Waals surface area contributed by atoms with Crippen LogP contribution in [0.25, 0.3) is 0 Å². The van der Waals surface area contributed by atoms with Crippen LogP contribution < -0.4 is 5.32 Å². The minimum Gasteiger partial charge on any atom is -0.316 e. The summed E-state index contributed by atoms with van der Waals surface area (Å²) in [6.45, 7) is 4.04. The molecule has 0 bridgehead atoms. The van der Waals surface area contributed by atoms with Gasteiger partial charge < -0.3 is 5.32 Å². The molecule has 1 aliphatic heterocycles. The molecule has 2 heteroatoms. The molecule has 1 heterocycles. The van der Waals surface area contributed by atoms with Crippen LogP contribution >= 0.6 is 0 Å². The van der Waals surface area contributed by atoms with Crippen LogP contribution in [-0.2, 0) is 11.2 Å². The molecule has 1 aromatic carbocycles. The van der Waals surface area contributed by atoms with E-state index in [2.05, 4.69) is 36.5 Å². The van der Waals surface area contributed by atoms with Crippen molar-refractivity contribution in [3.8, 4) is 0 Å². The van der Waals surface area contributed by atoms with Gasteiger partial charge in [-0.25, -0.2) is 0 Å². The number of benzene rings is 1. The molecule has 92 valence electrons. The third kappa shape index (κ3) is 3.67. The van der Waals surface area contributed by atoms with Crippen LogP contribution in [-0.4, -0.2) is 18.9 Å². The highest BCUT2D eigenvalue weighted by Gasteiger charge is 2.20. The topological polar surface area (TPSA) is 29.1 Å². The normalized spacial score (nSPS) is 20.2. The predicted octanol–water partition coefficient (Wildman–Crippen LogP) is 2.50. The average molecular weight is 231 g/mol. The fourth-order valence-electron chi connectivity index (χ4n) is 2.35. The zero-order valence-electron chi connectivity index (χ0n) is 10.5. The lowest BCUT2D eigenvalue weighted by atomic mass is 9.91. The maximum atomic E-state index is 12.0. The van der Waals surface area contributed by atoms with Gasteiger partial charge in [-0.1, -0.05) is 29.8 Å². The first kappa shape index (κ1) is 12.3. The van der Waals surface area contributed by atoms with Crippen LogP contribution in [0.2, 0.25) is 0 Å². The Morgan fingerprint density at radius 2 is 2.12 bits per heavy atom. The summed E-state index contributed by atoms with van der Waals surface area (Å²) in [6.07, 6.45) is 3.78. The minimum absolute atomic E-state index is 0.259. The number of piperidine rings is 1. The van der Waals surface area contributed by atoms with Gasteiger partial charge in [0.25, 0.3) is 0 Å². The largest absolute Gasteiger partial charge is 0.316 e. The first-order chi connectivity index (χ1) is 8.25. The Morgan fingerprint density at radius 3 is 2.76 bits per heavy atom. The lowest BCUT2D eigenvalue weighted by Crippen LogP contribution is -2.34. The molecule has 0 radical (unpaired) electrons. The molecular formula is C15H21NO. The average Bonchev–Trinajstić information content (AvgIpc) is 2.39. The Morgan fingerprint density at radius 1 is 1.35 bits per heavy atom. The van der Waals surface area contributed by atoms with Crippen molar-refractivity contribution in [3.63, 3.8) is 0 Å². The Hall–Kier alpha value is -1.15. The van der Waals surface area contributed by atoms with Crippen molar-refractivity contribution in [2.45, 2.75) is 32.6 Å². The number of carbonyl (C=O) groups excluding carboxylic acids is 1. The highest BCUT2D eigenvalue weighted by molar-refractivity contribution is 5.81. The molecular weight excluding hydrogens is 210 g/mol. The number of Topliss-reactive ketones (excluding diaryl/α,β-unsaturated/α-hetero) is 1. The minimum atomic E-state index is 0.259. The molecule has 1 atom stereocenters. The highest BCUT2D eigenvalue weighted by atomic mass is 16.1. The molecule has 1 aliphatic rings. The first-order valence-corrected chi connectivity index (χ1v) is 6.54. The number of hydrogen-bond acceptors (Lipinski definition) is 2. The molecule has 0 saturated carbocycles. The van der Waals surface area contributed by atoms with Gasteiger partial charge in [0.15, 0.2) is 0 Å².